The van der Waals surface area contributed by atoms with Crippen molar-refractivity contribution in [1.82, 2.24) is 5.32 Å². The van der Waals surface area contributed by atoms with Crippen LogP contribution in [0.4, 0.5) is 5.69 Å². The maximum atomic E-state index is 11.9. The summed E-state index contributed by atoms with van der Waals surface area (Å²) < 4.78 is 5.39. The van der Waals surface area contributed by atoms with Gasteiger partial charge in [0, 0.05) is 13.1 Å². The van der Waals surface area contributed by atoms with Crippen LogP contribution in [0.2, 0.25) is 0 Å². The highest BCUT2D eigenvalue weighted by Gasteiger charge is 2.45. The maximum Gasteiger partial charge on any atom is 0.265 e. The predicted molar refractivity (Wildman–Crippen MR) is 78.1 cm³/mol. The Hall–Kier alpha value is -2.08. The van der Waals surface area contributed by atoms with E-state index >= 15 is 0 Å². The molecule has 6 heteroatoms. The molecule has 2 aliphatic rings. The SMILES string of the molecule is NC1(C(=O)NCCCN2C(=O)COc3ccccc32)CC1. The van der Waals surface area contributed by atoms with Gasteiger partial charge < -0.3 is 20.7 Å². The van der Waals surface area contributed by atoms with Gasteiger partial charge in [-0.25, -0.2) is 0 Å². The Bertz CT molecular complexity index is 569. The molecule has 1 aromatic carbocycles. The summed E-state index contributed by atoms with van der Waals surface area (Å²) in [5.41, 5.74) is 5.96. The maximum absolute atomic E-state index is 11.9. The third-order valence-corrected chi connectivity index (χ3v) is 3.89. The van der Waals surface area contributed by atoms with Gasteiger partial charge in [0.1, 0.15) is 5.75 Å². The van der Waals surface area contributed by atoms with Crippen LogP contribution >= 0.6 is 0 Å². The summed E-state index contributed by atoms with van der Waals surface area (Å²) in [6, 6.07) is 7.47. The molecular formula is C15H19N3O3. The topological polar surface area (TPSA) is 84.7 Å². The third-order valence-electron chi connectivity index (χ3n) is 3.89. The van der Waals surface area contributed by atoms with E-state index in [0.717, 1.165) is 24.3 Å². The summed E-state index contributed by atoms with van der Waals surface area (Å²) in [5.74, 6) is 0.578. The first-order valence-corrected chi connectivity index (χ1v) is 7.19. The molecule has 0 unspecified atom stereocenters. The number of benzene rings is 1. The van der Waals surface area contributed by atoms with Crippen molar-refractivity contribution >= 4 is 17.5 Å². The summed E-state index contributed by atoms with van der Waals surface area (Å²) in [6.45, 7) is 1.14. The lowest BCUT2D eigenvalue weighted by molar-refractivity contribution is -0.123. The highest BCUT2D eigenvalue weighted by molar-refractivity contribution is 5.97. The molecule has 1 fully saturated rings. The van der Waals surface area contributed by atoms with Gasteiger partial charge in [-0.3, -0.25) is 9.59 Å². The average Bonchev–Trinajstić information content (AvgIpc) is 3.24. The fraction of sp³-hybridized carbons (Fsp3) is 0.467. The van der Waals surface area contributed by atoms with Gasteiger partial charge in [-0.15, -0.1) is 0 Å². The van der Waals surface area contributed by atoms with E-state index in [1.54, 1.807) is 4.90 Å². The van der Waals surface area contributed by atoms with Crippen molar-refractivity contribution in [3.63, 3.8) is 0 Å². The van der Waals surface area contributed by atoms with E-state index in [-0.39, 0.29) is 18.4 Å². The Labute approximate surface area is 123 Å². The number of fused-ring (bicyclic) bond motifs is 1. The molecule has 1 saturated carbocycles. The molecular weight excluding hydrogens is 270 g/mol. The fourth-order valence-corrected chi connectivity index (χ4v) is 2.38. The van der Waals surface area contributed by atoms with Gasteiger partial charge in [-0.05, 0) is 31.4 Å². The summed E-state index contributed by atoms with van der Waals surface area (Å²) in [4.78, 5) is 25.4. The van der Waals surface area contributed by atoms with Crippen molar-refractivity contribution in [3.8, 4) is 5.75 Å². The zero-order chi connectivity index (χ0) is 14.9. The van der Waals surface area contributed by atoms with E-state index in [1.807, 2.05) is 24.3 Å². The minimum absolute atomic E-state index is 0.0579. The van der Waals surface area contributed by atoms with Crippen LogP contribution in [0.3, 0.4) is 0 Å². The number of para-hydroxylation sites is 2. The van der Waals surface area contributed by atoms with E-state index in [1.165, 1.54) is 0 Å². The lowest BCUT2D eigenvalue weighted by Crippen LogP contribution is -2.44. The fourth-order valence-electron chi connectivity index (χ4n) is 2.38. The molecule has 3 rings (SSSR count). The number of carbonyl (C=O) groups is 2. The van der Waals surface area contributed by atoms with Gasteiger partial charge in [0.2, 0.25) is 5.91 Å². The van der Waals surface area contributed by atoms with Crippen molar-refractivity contribution in [2.24, 2.45) is 5.73 Å². The number of nitrogens with one attached hydrogen (secondary N) is 1. The number of hydrogen-bond donors (Lipinski definition) is 2. The second-order valence-corrected chi connectivity index (χ2v) is 5.57. The Morgan fingerprint density at radius 3 is 2.90 bits per heavy atom. The van der Waals surface area contributed by atoms with Crippen LogP contribution in [-0.2, 0) is 9.59 Å². The first-order valence-electron chi connectivity index (χ1n) is 7.19. The molecule has 2 amide bonds. The van der Waals surface area contributed by atoms with Crippen molar-refractivity contribution in [3.05, 3.63) is 24.3 Å². The molecule has 1 aromatic rings. The van der Waals surface area contributed by atoms with Crippen LogP contribution in [0.5, 0.6) is 5.75 Å². The lowest BCUT2D eigenvalue weighted by Gasteiger charge is -2.29. The number of hydrogen-bond acceptors (Lipinski definition) is 4. The minimum Gasteiger partial charge on any atom is -0.482 e. The average molecular weight is 289 g/mol. The Morgan fingerprint density at radius 2 is 2.14 bits per heavy atom. The summed E-state index contributed by atoms with van der Waals surface area (Å²) in [5, 5.41) is 2.83. The largest absolute Gasteiger partial charge is 0.482 e. The molecule has 0 saturated heterocycles. The summed E-state index contributed by atoms with van der Waals surface area (Å²) >= 11 is 0. The molecule has 3 N–H and O–H groups in total. The second-order valence-electron chi connectivity index (χ2n) is 5.57. The minimum atomic E-state index is -0.638. The number of anilines is 1. The molecule has 112 valence electrons. The number of rotatable bonds is 5. The zero-order valence-electron chi connectivity index (χ0n) is 11.8. The van der Waals surface area contributed by atoms with Gasteiger partial charge in [-0.2, -0.15) is 0 Å². The van der Waals surface area contributed by atoms with Gasteiger partial charge in [-0.1, -0.05) is 12.1 Å². The van der Waals surface area contributed by atoms with E-state index in [0.29, 0.717) is 19.5 Å². The summed E-state index contributed by atoms with van der Waals surface area (Å²) in [7, 11) is 0. The number of carbonyl (C=O) groups excluding carboxylic acids is 2. The number of nitrogens with two attached hydrogens (primary N) is 1. The molecule has 21 heavy (non-hydrogen) atoms. The predicted octanol–water partition coefficient (Wildman–Crippen LogP) is 0.410. The van der Waals surface area contributed by atoms with Crippen LogP contribution in [0.1, 0.15) is 19.3 Å². The molecule has 1 aliphatic carbocycles. The molecule has 0 radical (unpaired) electrons. The third kappa shape index (κ3) is 2.85. The van der Waals surface area contributed by atoms with Crippen LogP contribution < -0.4 is 20.7 Å². The van der Waals surface area contributed by atoms with Crippen molar-refractivity contribution in [2.45, 2.75) is 24.8 Å². The van der Waals surface area contributed by atoms with Crippen LogP contribution in [0, 0.1) is 0 Å². The van der Waals surface area contributed by atoms with Crippen molar-refractivity contribution in [1.29, 1.82) is 0 Å². The molecule has 1 heterocycles. The first-order chi connectivity index (χ1) is 10.1. The Kier molecular flexibility index (Phi) is 3.55. The standard InChI is InChI=1S/C15H19N3O3/c16-15(6-7-15)14(20)17-8-3-9-18-11-4-1-2-5-12(11)21-10-13(18)19/h1-2,4-5H,3,6-10,16H2,(H,17,20). The summed E-state index contributed by atoms with van der Waals surface area (Å²) in [6.07, 6.45) is 2.20. The van der Waals surface area contributed by atoms with Gasteiger partial charge in [0.25, 0.3) is 5.91 Å². The number of nitrogens with zero attached hydrogens (tertiary/aromatic N) is 1. The lowest BCUT2D eigenvalue weighted by atomic mass is 10.2. The quantitative estimate of drug-likeness (QED) is 0.769. The van der Waals surface area contributed by atoms with Crippen LogP contribution in [-0.4, -0.2) is 37.0 Å². The molecule has 0 aromatic heterocycles. The second kappa shape index (κ2) is 5.37. The Balaban J connectivity index is 1.53. The van der Waals surface area contributed by atoms with E-state index in [4.69, 9.17) is 10.5 Å². The van der Waals surface area contributed by atoms with Crippen molar-refractivity contribution in [2.75, 3.05) is 24.6 Å². The molecule has 0 spiro atoms. The highest BCUT2D eigenvalue weighted by Crippen LogP contribution is 2.32. The monoisotopic (exact) mass is 289 g/mol. The van der Waals surface area contributed by atoms with Crippen LogP contribution in [0.25, 0.3) is 0 Å². The smallest absolute Gasteiger partial charge is 0.265 e. The van der Waals surface area contributed by atoms with E-state index < -0.39 is 5.54 Å². The van der Waals surface area contributed by atoms with E-state index in [2.05, 4.69) is 5.32 Å². The zero-order valence-corrected chi connectivity index (χ0v) is 11.8. The first kappa shape index (κ1) is 13.9. The van der Waals surface area contributed by atoms with Gasteiger partial charge in [0.05, 0.1) is 11.2 Å². The number of ether oxygens (including phenoxy) is 1. The molecule has 1 aliphatic heterocycles. The molecule has 0 bridgehead atoms. The van der Waals surface area contributed by atoms with Gasteiger partial charge >= 0.3 is 0 Å². The van der Waals surface area contributed by atoms with Crippen LogP contribution in [0.15, 0.2) is 24.3 Å². The highest BCUT2D eigenvalue weighted by atomic mass is 16.5. The van der Waals surface area contributed by atoms with Gasteiger partial charge in [0.15, 0.2) is 6.61 Å². The normalized spacial score (nSPS) is 18.7. The Morgan fingerprint density at radius 1 is 1.38 bits per heavy atom. The van der Waals surface area contributed by atoms with Crippen molar-refractivity contribution < 1.29 is 14.3 Å². The number of amides is 2. The van der Waals surface area contributed by atoms with E-state index in [9.17, 15) is 9.59 Å². The molecule has 0 atom stereocenters. The molecule has 6 nitrogen and oxygen atoms in total.